The number of aromatic hydroxyl groups is 2. The largest absolute Gasteiger partial charge is 0.508 e. The van der Waals surface area contributed by atoms with Crippen LogP contribution in [0.3, 0.4) is 0 Å². The van der Waals surface area contributed by atoms with E-state index in [9.17, 15) is 10.2 Å². The van der Waals surface area contributed by atoms with Crippen LogP contribution < -0.4 is 0 Å². The van der Waals surface area contributed by atoms with Crippen molar-refractivity contribution in [2.45, 2.75) is 51.4 Å². The summed E-state index contributed by atoms with van der Waals surface area (Å²) < 4.78 is 0. The molecule has 2 aromatic carbocycles. The summed E-state index contributed by atoms with van der Waals surface area (Å²) >= 11 is 0. The van der Waals surface area contributed by atoms with Crippen molar-refractivity contribution in [3.63, 3.8) is 0 Å². The zero-order valence-electron chi connectivity index (χ0n) is 14.9. The molecule has 1 aliphatic rings. The lowest BCUT2D eigenvalue weighted by Crippen LogP contribution is -2.35. The van der Waals surface area contributed by atoms with Gasteiger partial charge in [-0.2, -0.15) is 0 Å². The fourth-order valence-corrected chi connectivity index (χ4v) is 4.44. The second-order valence-corrected chi connectivity index (χ2v) is 7.96. The third-order valence-corrected chi connectivity index (χ3v) is 5.96. The molecule has 1 aliphatic carbocycles. The topological polar surface area (TPSA) is 40.5 Å². The van der Waals surface area contributed by atoms with Crippen LogP contribution in [-0.4, -0.2) is 10.2 Å². The Morgan fingerprint density at radius 2 is 1.46 bits per heavy atom. The van der Waals surface area contributed by atoms with Crippen molar-refractivity contribution >= 4 is 0 Å². The van der Waals surface area contributed by atoms with Crippen LogP contribution >= 0.6 is 0 Å². The average molecular weight is 324 g/mol. The number of phenolic OH excluding ortho intramolecular Hbond substituents is 2. The summed E-state index contributed by atoms with van der Waals surface area (Å²) in [7, 11) is 0. The number of hydrogen-bond donors (Lipinski definition) is 2. The second kappa shape index (κ2) is 6.51. The molecular formula is C22H28O2. The van der Waals surface area contributed by atoms with Crippen LogP contribution in [0.25, 0.3) is 0 Å². The van der Waals surface area contributed by atoms with E-state index in [1.165, 1.54) is 24.0 Å². The lowest BCUT2D eigenvalue weighted by Gasteiger charge is -2.45. The Morgan fingerprint density at radius 1 is 0.917 bits per heavy atom. The fraction of sp³-hybridized carbons (Fsp3) is 0.455. The van der Waals surface area contributed by atoms with Crippen molar-refractivity contribution < 1.29 is 10.2 Å². The van der Waals surface area contributed by atoms with Gasteiger partial charge in [-0.05, 0) is 77.8 Å². The van der Waals surface area contributed by atoms with E-state index in [1.807, 2.05) is 0 Å². The van der Waals surface area contributed by atoms with E-state index in [0.717, 1.165) is 6.42 Å². The van der Waals surface area contributed by atoms with Gasteiger partial charge in [0.25, 0.3) is 0 Å². The summed E-state index contributed by atoms with van der Waals surface area (Å²) in [6, 6.07) is 15.5. The summed E-state index contributed by atoms with van der Waals surface area (Å²) in [6.45, 7) is 6.99. The molecule has 3 atom stereocenters. The van der Waals surface area contributed by atoms with E-state index in [4.69, 9.17) is 0 Å². The highest BCUT2D eigenvalue weighted by molar-refractivity contribution is 5.35. The van der Waals surface area contributed by atoms with E-state index in [1.54, 1.807) is 24.3 Å². The normalized spacial score (nSPS) is 27.3. The van der Waals surface area contributed by atoms with E-state index >= 15 is 0 Å². The smallest absolute Gasteiger partial charge is 0.115 e. The summed E-state index contributed by atoms with van der Waals surface area (Å²) in [5, 5.41) is 19.2. The Bertz CT molecular complexity index is 672. The molecule has 0 aromatic heterocycles. The molecule has 3 rings (SSSR count). The fourth-order valence-electron chi connectivity index (χ4n) is 4.44. The Hall–Kier alpha value is -1.96. The first kappa shape index (κ1) is 16.9. The van der Waals surface area contributed by atoms with Gasteiger partial charge in [0.15, 0.2) is 0 Å². The molecule has 2 nitrogen and oxygen atoms in total. The van der Waals surface area contributed by atoms with Crippen molar-refractivity contribution in [2.75, 3.05) is 0 Å². The number of rotatable bonds is 3. The molecular weight excluding hydrogens is 296 g/mol. The van der Waals surface area contributed by atoms with Gasteiger partial charge in [0.2, 0.25) is 0 Å². The summed E-state index contributed by atoms with van der Waals surface area (Å²) in [5.41, 5.74) is 2.77. The number of hydrogen-bond acceptors (Lipinski definition) is 2. The van der Waals surface area contributed by atoms with Crippen molar-refractivity contribution in [1.29, 1.82) is 0 Å². The van der Waals surface area contributed by atoms with Crippen molar-refractivity contribution in [1.82, 2.24) is 0 Å². The minimum absolute atomic E-state index is 0.127. The van der Waals surface area contributed by atoms with Crippen LogP contribution in [0, 0.1) is 11.8 Å². The monoisotopic (exact) mass is 324 g/mol. The van der Waals surface area contributed by atoms with Crippen LogP contribution in [0.2, 0.25) is 0 Å². The molecule has 0 saturated heterocycles. The summed E-state index contributed by atoms with van der Waals surface area (Å²) in [4.78, 5) is 0. The van der Waals surface area contributed by atoms with Gasteiger partial charge in [0.1, 0.15) is 11.5 Å². The third kappa shape index (κ3) is 3.28. The Labute approximate surface area is 145 Å². The van der Waals surface area contributed by atoms with Gasteiger partial charge in [-0.15, -0.1) is 0 Å². The molecule has 24 heavy (non-hydrogen) atoms. The molecule has 1 saturated carbocycles. The molecule has 0 amide bonds. The van der Waals surface area contributed by atoms with Gasteiger partial charge in [-0.1, -0.05) is 45.0 Å². The van der Waals surface area contributed by atoms with Crippen LogP contribution in [-0.2, 0) is 5.41 Å². The molecule has 0 heterocycles. The van der Waals surface area contributed by atoms with Crippen LogP contribution in [0.1, 0.15) is 57.1 Å². The SMILES string of the molecule is CC(C)[C@H]1CC[C@](C)(c2ccc(O)cc2)CC1c1ccc(O)cc1. The molecule has 2 heteroatoms. The van der Waals surface area contributed by atoms with Gasteiger partial charge in [0, 0.05) is 0 Å². The lowest BCUT2D eigenvalue weighted by molar-refractivity contribution is 0.171. The first-order valence-corrected chi connectivity index (χ1v) is 8.97. The number of phenols is 2. The zero-order chi connectivity index (χ0) is 17.3. The maximum Gasteiger partial charge on any atom is 0.115 e. The van der Waals surface area contributed by atoms with Gasteiger partial charge in [-0.25, -0.2) is 0 Å². The molecule has 2 N–H and O–H groups in total. The van der Waals surface area contributed by atoms with Gasteiger partial charge in [0.05, 0.1) is 0 Å². The minimum Gasteiger partial charge on any atom is -0.508 e. The first-order valence-electron chi connectivity index (χ1n) is 8.97. The summed E-state index contributed by atoms with van der Waals surface area (Å²) in [6.07, 6.45) is 3.49. The van der Waals surface area contributed by atoms with Crippen LogP contribution in [0.5, 0.6) is 11.5 Å². The second-order valence-electron chi connectivity index (χ2n) is 7.96. The van der Waals surface area contributed by atoms with Gasteiger partial charge < -0.3 is 10.2 Å². The average Bonchev–Trinajstić information content (AvgIpc) is 2.55. The maximum absolute atomic E-state index is 9.61. The highest BCUT2D eigenvalue weighted by Crippen LogP contribution is 2.50. The Morgan fingerprint density at radius 3 is 2.00 bits per heavy atom. The predicted molar refractivity (Wildman–Crippen MR) is 98.5 cm³/mol. The molecule has 0 radical (unpaired) electrons. The van der Waals surface area contributed by atoms with Crippen molar-refractivity contribution in [2.24, 2.45) is 11.8 Å². The standard InChI is InChI=1S/C22H28O2/c1-15(2)20-12-13-22(3,17-6-10-19(24)11-7-17)14-21(20)16-4-8-18(23)9-5-16/h4-11,15,20-21,23-24H,12-14H2,1-3H3/t20-,21?,22+/m1/s1. The first-order chi connectivity index (χ1) is 11.4. The molecule has 1 unspecified atom stereocenters. The molecule has 0 bridgehead atoms. The van der Waals surface area contributed by atoms with Crippen molar-refractivity contribution in [3.05, 3.63) is 59.7 Å². The molecule has 2 aromatic rings. The van der Waals surface area contributed by atoms with Crippen LogP contribution in [0.15, 0.2) is 48.5 Å². The molecule has 0 spiro atoms. The minimum atomic E-state index is 0.127. The predicted octanol–water partition coefficient (Wildman–Crippen LogP) is 5.60. The van der Waals surface area contributed by atoms with E-state index in [0.29, 0.717) is 29.3 Å². The Balaban J connectivity index is 1.93. The Kier molecular flexibility index (Phi) is 4.58. The highest BCUT2D eigenvalue weighted by atomic mass is 16.3. The van der Waals surface area contributed by atoms with Crippen LogP contribution in [0.4, 0.5) is 0 Å². The molecule has 1 fully saturated rings. The van der Waals surface area contributed by atoms with E-state index in [2.05, 4.69) is 45.0 Å². The molecule has 128 valence electrons. The molecule has 0 aliphatic heterocycles. The summed E-state index contributed by atoms with van der Waals surface area (Å²) in [5.74, 6) is 2.47. The number of benzene rings is 2. The zero-order valence-corrected chi connectivity index (χ0v) is 14.9. The third-order valence-electron chi connectivity index (χ3n) is 5.96. The van der Waals surface area contributed by atoms with Gasteiger partial charge >= 0.3 is 0 Å². The van der Waals surface area contributed by atoms with Gasteiger partial charge in [-0.3, -0.25) is 0 Å². The lowest BCUT2D eigenvalue weighted by atomic mass is 9.59. The van der Waals surface area contributed by atoms with Crippen molar-refractivity contribution in [3.8, 4) is 11.5 Å². The highest BCUT2D eigenvalue weighted by Gasteiger charge is 2.40. The quantitative estimate of drug-likeness (QED) is 0.772. The maximum atomic E-state index is 9.61. The van der Waals surface area contributed by atoms with E-state index < -0.39 is 0 Å². The van der Waals surface area contributed by atoms with E-state index in [-0.39, 0.29) is 5.41 Å².